The van der Waals surface area contributed by atoms with Gasteiger partial charge in [-0.3, -0.25) is 4.79 Å². The van der Waals surface area contributed by atoms with Crippen LogP contribution in [0.5, 0.6) is 0 Å². The number of rotatable bonds is 6. The number of carbonyl (C=O) groups excluding carboxylic acids is 1. The summed E-state index contributed by atoms with van der Waals surface area (Å²) in [6.45, 7) is 9.02. The average Bonchev–Trinajstić information content (AvgIpc) is 2.05. The molecule has 0 aliphatic carbocycles. The topological polar surface area (TPSA) is 38.3 Å². The molecule has 0 aromatic carbocycles. The quantitative estimate of drug-likeness (QED) is 0.643. The van der Waals surface area contributed by atoms with Gasteiger partial charge in [-0.05, 0) is 26.8 Å². The van der Waals surface area contributed by atoms with Crippen molar-refractivity contribution in [1.29, 1.82) is 0 Å². The van der Waals surface area contributed by atoms with E-state index < -0.39 is 5.54 Å². The van der Waals surface area contributed by atoms with Crippen molar-refractivity contribution in [2.75, 3.05) is 13.2 Å². The van der Waals surface area contributed by atoms with Gasteiger partial charge in [0.25, 0.3) is 0 Å². The predicted molar refractivity (Wildman–Crippen MR) is 53.6 cm³/mol. The second kappa shape index (κ2) is 5.97. The molecule has 0 aliphatic heterocycles. The van der Waals surface area contributed by atoms with Crippen LogP contribution >= 0.6 is 0 Å². The highest BCUT2D eigenvalue weighted by Crippen LogP contribution is 2.14. The van der Waals surface area contributed by atoms with Gasteiger partial charge < -0.3 is 10.1 Å². The van der Waals surface area contributed by atoms with Crippen molar-refractivity contribution in [2.24, 2.45) is 0 Å². The lowest BCUT2D eigenvalue weighted by Crippen LogP contribution is -2.50. The number of ether oxygens (including phenoxy) is 1. The maximum atomic E-state index is 11.6. The highest BCUT2D eigenvalue weighted by Gasteiger charge is 2.32. The summed E-state index contributed by atoms with van der Waals surface area (Å²) in [4.78, 5) is 11.6. The summed E-state index contributed by atoms with van der Waals surface area (Å²) in [6, 6.07) is 0. The first-order valence-corrected chi connectivity index (χ1v) is 5.03. The molecule has 1 atom stereocenters. The lowest BCUT2D eigenvalue weighted by molar-refractivity contribution is -0.150. The van der Waals surface area contributed by atoms with Gasteiger partial charge in [0.1, 0.15) is 5.54 Å². The third-order valence-electron chi connectivity index (χ3n) is 2.04. The Morgan fingerprint density at radius 2 is 2.00 bits per heavy atom. The van der Waals surface area contributed by atoms with Crippen LogP contribution in [0.1, 0.15) is 40.5 Å². The largest absolute Gasteiger partial charge is 0.465 e. The van der Waals surface area contributed by atoms with Crippen LogP contribution in [0.3, 0.4) is 0 Å². The van der Waals surface area contributed by atoms with E-state index in [0.717, 1.165) is 19.4 Å². The minimum absolute atomic E-state index is 0.140. The molecular weight excluding hydrogens is 166 g/mol. The van der Waals surface area contributed by atoms with Gasteiger partial charge in [0, 0.05) is 0 Å². The molecule has 3 heteroatoms. The summed E-state index contributed by atoms with van der Waals surface area (Å²) in [5, 5.41) is 3.17. The molecule has 0 aromatic rings. The average molecular weight is 187 g/mol. The molecule has 0 radical (unpaired) electrons. The number of hydrogen-bond acceptors (Lipinski definition) is 3. The lowest BCUT2D eigenvalue weighted by Gasteiger charge is -2.27. The van der Waals surface area contributed by atoms with Gasteiger partial charge >= 0.3 is 5.97 Å². The number of likely N-dealkylation sites (N-methyl/N-ethyl adjacent to an activating group) is 1. The molecule has 0 rings (SSSR count). The normalized spacial score (nSPS) is 15.1. The van der Waals surface area contributed by atoms with Crippen molar-refractivity contribution in [3.63, 3.8) is 0 Å². The van der Waals surface area contributed by atoms with E-state index in [1.54, 1.807) is 0 Å². The van der Waals surface area contributed by atoms with Crippen LogP contribution in [-0.2, 0) is 9.53 Å². The van der Waals surface area contributed by atoms with E-state index in [1.165, 1.54) is 0 Å². The first kappa shape index (κ1) is 12.4. The van der Waals surface area contributed by atoms with Crippen molar-refractivity contribution in [1.82, 2.24) is 5.32 Å². The minimum atomic E-state index is -0.500. The molecule has 0 fully saturated rings. The molecular formula is C10H21NO2. The van der Waals surface area contributed by atoms with Crippen LogP contribution in [-0.4, -0.2) is 24.7 Å². The number of hydrogen-bond donors (Lipinski definition) is 1. The molecule has 78 valence electrons. The summed E-state index contributed by atoms with van der Waals surface area (Å²) in [5.41, 5.74) is -0.500. The van der Waals surface area contributed by atoms with E-state index in [2.05, 4.69) is 12.2 Å². The van der Waals surface area contributed by atoms with E-state index in [0.29, 0.717) is 6.61 Å². The summed E-state index contributed by atoms with van der Waals surface area (Å²) >= 11 is 0. The van der Waals surface area contributed by atoms with Crippen molar-refractivity contribution < 1.29 is 9.53 Å². The van der Waals surface area contributed by atoms with Crippen LogP contribution in [0.15, 0.2) is 0 Å². The van der Waals surface area contributed by atoms with Crippen molar-refractivity contribution >= 4 is 5.97 Å². The molecule has 0 saturated heterocycles. The Kier molecular flexibility index (Phi) is 5.71. The SMILES string of the molecule is CCCC(C)(NCC)C(=O)OCC. The van der Waals surface area contributed by atoms with Crippen molar-refractivity contribution in [3.8, 4) is 0 Å². The molecule has 0 aromatic heterocycles. The van der Waals surface area contributed by atoms with Crippen LogP contribution < -0.4 is 5.32 Å². The molecule has 0 spiro atoms. The van der Waals surface area contributed by atoms with Crippen LogP contribution in [0, 0.1) is 0 Å². The van der Waals surface area contributed by atoms with Crippen LogP contribution in [0.2, 0.25) is 0 Å². The molecule has 1 N–H and O–H groups in total. The number of esters is 1. The number of carbonyl (C=O) groups is 1. The Morgan fingerprint density at radius 1 is 1.38 bits per heavy atom. The highest BCUT2D eigenvalue weighted by atomic mass is 16.5. The maximum Gasteiger partial charge on any atom is 0.326 e. The molecule has 13 heavy (non-hydrogen) atoms. The fraction of sp³-hybridized carbons (Fsp3) is 0.900. The predicted octanol–water partition coefficient (Wildman–Crippen LogP) is 1.72. The Balaban J connectivity index is 4.27. The summed E-state index contributed by atoms with van der Waals surface area (Å²) in [7, 11) is 0. The standard InChI is InChI=1S/C10H21NO2/c1-5-8-10(4,11-6-2)9(12)13-7-3/h11H,5-8H2,1-4H3. The van der Waals surface area contributed by atoms with E-state index >= 15 is 0 Å². The van der Waals surface area contributed by atoms with Gasteiger partial charge in [-0.2, -0.15) is 0 Å². The third-order valence-corrected chi connectivity index (χ3v) is 2.04. The monoisotopic (exact) mass is 187 g/mol. The van der Waals surface area contributed by atoms with Crippen molar-refractivity contribution in [3.05, 3.63) is 0 Å². The first-order chi connectivity index (χ1) is 6.10. The highest BCUT2D eigenvalue weighted by molar-refractivity contribution is 5.80. The molecule has 0 bridgehead atoms. The fourth-order valence-electron chi connectivity index (χ4n) is 1.44. The minimum Gasteiger partial charge on any atom is -0.465 e. The van der Waals surface area contributed by atoms with Crippen LogP contribution in [0.25, 0.3) is 0 Å². The maximum absolute atomic E-state index is 11.6. The van der Waals surface area contributed by atoms with Crippen molar-refractivity contribution in [2.45, 2.75) is 46.1 Å². The fourth-order valence-corrected chi connectivity index (χ4v) is 1.44. The second-order valence-electron chi connectivity index (χ2n) is 3.33. The summed E-state index contributed by atoms with van der Waals surface area (Å²) < 4.78 is 5.01. The van der Waals surface area contributed by atoms with Gasteiger partial charge in [-0.1, -0.05) is 20.3 Å². The Bertz CT molecular complexity index is 151. The van der Waals surface area contributed by atoms with Gasteiger partial charge in [0.15, 0.2) is 0 Å². The third kappa shape index (κ3) is 3.77. The summed E-state index contributed by atoms with van der Waals surface area (Å²) in [5.74, 6) is -0.140. The Morgan fingerprint density at radius 3 is 2.38 bits per heavy atom. The van der Waals surface area contributed by atoms with Gasteiger partial charge in [-0.15, -0.1) is 0 Å². The zero-order valence-corrected chi connectivity index (χ0v) is 9.14. The molecule has 1 unspecified atom stereocenters. The first-order valence-electron chi connectivity index (χ1n) is 5.03. The lowest BCUT2D eigenvalue weighted by atomic mass is 9.96. The van der Waals surface area contributed by atoms with Gasteiger partial charge in [0.2, 0.25) is 0 Å². The molecule has 0 amide bonds. The summed E-state index contributed by atoms with van der Waals surface area (Å²) in [6.07, 6.45) is 1.79. The van der Waals surface area contributed by atoms with Gasteiger partial charge in [0.05, 0.1) is 6.61 Å². The molecule has 3 nitrogen and oxygen atoms in total. The molecule has 0 aliphatic rings. The molecule has 0 saturated carbocycles. The Hall–Kier alpha value is -0.570. The van der Waals surface area contributed by atoms with Gasteiger partial charge in [-0.25, -0.2) is 0 Å². The van der Waals surface area contributed by atoms with Crippen LogP contribution in [0.4, 0.5) is 0 Å². The smallest absolute Gasteiger partial charge is 0.326 e. The Labute approximate surface area is 80.8 Å². The number of nitrogens with one attached hydrogen (secondary N) is 1. The second-order valence-corrected chi connectivity index (χ2v) is 3.33. The van der Waals surface area contributed by atoms with E-state index in [9.17, 15) is 4.79 Å². The van der Waals surface area contributed by atoms with E-state index in [4.69, 9.17) is 4.74 Å². The zero-order chi connectivity index (χ0) is 10.3. The molecule has 0 heterocycles. The van der Waals surface area contributed by atoms with E-state index in [-0.39, 0.29) is 5.97 Å². The van der Waals surface area contributed by atoms with E-state index in [1.807, 2.05) is 20.8 Å². The zero-order valence-electron chi connectivity index (χ0n) is 9.14.